The lowest BCUT2D eigenvalue weighted by Gasteiger charge is -2.11. The van der Waals surface area contributed by atoms with E-state index in [1.165, 1.54) is 24.7 Å². The lowest BCUT2D eigenvalue weighted by molar-refractivity contribution is -0.136. The van der Waals surface area contributed by atoms with Gasteiger partial charge < -0.3 is 20.5 Å². The summed E-state index contributed by atoms with van der Waals surface area (Å²) in [5, 5.41) is 6.55. The number of rotatable bonds is 7. The van der Waals surface area contributed by atoms with Crippen LogP contribution in [0, 0.1) is 0 Å². The van der Waals surface area contributed by atoms with Crippen LogP contribution < -0.4 is 21.2 Å². The number of hydrogen-bond donors (Lipinski definition) is 3. The molecule has 0 fully saturated rings. The maximum absolute atomic E-state index is 12.3. The van der Waals surface area contributed by atoms with Crippen molar-refractivity contribution in [1.82, 2.24) is 5.43 Å². The van der Waals surface area contributed by atoms with Gasteiger partial charge in [0.25, 0.3) is 5.91 Å². The molecular formula is C21H22N4O6S. The van der Waals surface area contributed by atoms with Crippen LogP contribution in [0.3, 0.4) is 0 Å². The van der Waals surface area contributed by atoms with Crippen molar-refractivity contribution in [3.05, 3.63) is 45.8 Å². The number of thiophene rings is 1. The second-order valence-electron chi connectivity index (χ2n) is 6.89. The Morgan fingerprint density at radius 2 is 1.97 bits per heavy atom. The molecule has 0 saturated carbocycles. The third kappa shape index (κ3) is 5.70. The molecule has 1 aromatic carbocycles. The second-order valence-corrected chi connectivity index (χ2v) is 7.99. The standard InChI is InChI=1S/C21H22N4O6S/c1-30-21(29)17-14-7-2-3-8-15(14)32-20(17)24-18(27)19(28)25-23-10-12-5-4-6-13(9-12)31-11-16(22)26/h4-6,9-10H,2-3,7-8,11H2,1H3,(H2,22,26)(H,24,27)(H,25,28)/b23-10+. The van der Waals surface area contributed by atoms with Crippen LogP contribution in [0.25, 0.3) is 0 Å². The summed E-state index contributed by atoms with van der Waals surface area (Å²) in [5.74, 6) is -2.70. The van der Waals surface area contributed by atoms with Gasteiger partial charge in [-0.2, -0.15) is 5.10 Å². The van der Waals surface area contributed by atoms with Crippen molar-refractivity contribution in [2.45, 2.75) is 25.7 Å². The highest BCUT2D eigenvalue weighted by atomic mass is 32.1. The Balaban J connectivity index is 1.63. The zero-order valence-electron chi connectivity index (χ0n) is 17.3. The van der Waals surface area contributed by atoms with Gasteiger partial charge in [0.05, 0.1) is 18.9 Å². The van der Waals surface area contributed by atoms with E-state index in [-0.39, 0.29) is 6.61 Å². The molecule has 0 atom stereocenters. The molecule has 3 amide bonds. The maximum atomic E-state index is 12.3. The molecule has 0 radical (unpaired) electrons. The number of methoxy groups -OCH3 is 1. The second kappa shape index (κ2) is 10.5. The number of carbonyl (C=O) groups is 4. The molecule has 168 valence electrons. The van der Waals surface area contributed by atoms with Crippen LogP contribution in [-0.4, -0.2) is 43.6 Å². The number of aryl methyl sites for hydroxylation is 1. The first-order valence-corrected chi connectivity index (χ1v) is 10.6. The van der Waals surface area contributed by atoms with Crippen molar-refractivity contribution in [3.63, 3.8) is 0 Å². The molecule has 0 bridgehead atoms. The van der Waals surface area contributed by atoms with Gasteiger partial charge in [-0.05, 0) is 48.9 Å². The van der Waals surface area contributed by atoms with E-state index >= 15 is 0 Å². The molecular weight excluding hydrogens is 436 g/mol. The molecule has 2 aromatic rings. The third-order valence-corrected chi connectivity index (χ3v) is 5.82. The minimum atomic E-state index is -0.996. The van der Waals surface area contributed by atoms with E-state index in [9.17, 15) is 19.2 Å². The van der Waals surface area contributed by atoms with Gasteiger partial charge >= 0.3 is 17.8 Å². The Morgan fingerprint density at radius 1 is 1.19 bits per heavy atom. The zero-order valence-corrected chi connectivity index (χ0v) is 18.1. The van der Waals surface area contributed by atoms with Crippen LogP contribution in [0.2, 0.25) is 0 Å². The number of anilines is 1. The third-order valence-electron chi connectivity index (χ3n) is 4.61. The van der Waals surface area contributed by atoms with E-state index in [0.717, 1.165) is 36.1 Å². The first-order chi connectivity index (χ1) is 15.4. The summed E-state index contributed by atoms with van der Waals surface area (Å²) in [4.78, 5) is 48.5. The number of ether oxygens (including phenoxy) is 2. The van der Waals surface area contributed by atoms with Gasteiger partial charge in [-0.3, -0.25) is 14.4 Å². The van der Waals surface area contributed by atoms with Gasteiger partial charge in [0.2, 0.25) is 0 Å². The minimum Gasteiger partial charge on any atom is -0.484 e. The normalized spacial score (nSPS) is 12.7. The number of hydrogen-bond acceptors (Lipinski definition) is 8. The molecule has 0 spiro atoms. The number of nitrogens with zero attached hydrogens (tertiary/aromatic N) is 1. The number of primary amides is 1. The fourth-order valence-corrected chi connectivity index (χ4v) is 4.46. The maximum Gasteiger partial charge on any atom is 0.341 e. The Bertz CT molecular complexity index is 1080. The van der Waals surface area contributed by atoms with Crippen molar-refractivity contribution in [3.8, 4) is 5.75 Å². The molecule has 4 N–H and O–H groups in total. The van der Waals surface area contributed by atoms with Crippen molar-refractivity contribution in [1.29, 1.82) is 0 Å². The highest BCUT2D eigenvalue weighted by Gasteiger charge is 2.28. The number of esters is 1. The van der Waals surface area contributed by atoms with Gasteiger partial charge in [-0.15, -0.1) is 11.3 Å². The van der Waals surface area contributed by atoms with Crippen LogP contribution in [0.5, 0.6) is 5.75 Å². The molecule has 3 rings (SSSR count). The summed E-state index contributed by atoms with van der Waals surface area (Å²) >= 11 is 1.28. The van der Waals surface area contributed by atoms with E-state index in [1.807, 2.05) is 0 Å². The van der Waals surface area contributed by atoms with Crippen LogP contribution >= 0.6 is 11.3 Å². The Hall–Kier alpha value is -3.73. The predicted octanol–water partition coefficient (Wildman–Crippen LogP) is 1.37. The van der Waals surface area contributed by atoms with Gasteiger partial charge in [-0.1, -0.05) is 12.1 Å². The topological polar surface area (TPSA) is 149 Å². The van der Waals surface area contributed by atoms with Gasteiger partial charge in [0, 0.05) is 4.88 Å². The first kappa shape index (κ1) is 22.9. The summed E-state index contributed by atoms with van der Waals surface area (Å²) in [6.45, 7) is -0.267. The SMILES string of the molecule is COC(=O)c1c(NC(=O)C(=O)N/N=C/c2cccc(OCC(N)=O)c2)sc2c1CCCC2. The quantitative estimate of drug-likeness (QED) is 0.247. The molecule has 1 aliphatic rings. The number of amides is 3. The van der Waals surface area contributed by atoms with E-state index in [0.29, 0.717) is 21.9 Å². The van der Waals surface area contributed by atoms with Crippen molar-refractivity contribution >= 4 is 46.2 Å². The molecule has 11 heteroatoms. The molecule has 32 heavy (non-hydrogen) atoms. The lowest BCUT2D eigenvalue weighted by atomic mass is 9.95. The van der Waals surface area contributed by atoms with Crippen molar-refractivity contribution in [2.75, 3.05) is 19.0 Å². The molecule has 1 heterocycles. The number of hydrazone groups is 1. The monoisotopic (exact) mass is 458 g/mol. The lowest BCUT2D eigenvalue weighted by Crippen LogP contribution is -2.32. The van der Waals surface area contributed by atoms with E-state index in [2.05, 4.69) is 15.8 Å². The predicted molar refractivity (Wildman–Crippen MR) is 118 cm³/mol. The molecule has 0 unspecified atom stereocenters. The fraction of sp³-hybridized carbons (Fsp3) is 0.286. The average molecular weight is 458 g/mol. The Kier molecular flexibility index (Phi) is 7.55. The van der Waals surface area contributed by atoms with E-state index in [4.69, 9.17) is 15.2 Å². The zero-order chi connectivity index (χ0) is 23.1. The Morgan fingerprint density at radius 3 is 2.72 bits per heavy atom. The highest BCUT2D eigenvalue weighted by Crippen LogP contribution is 2.38. The summed E-state index contributed by atoms with van der Waals surface area (Å²) < 4.78 is 10.0. The smallest absolute Gasteiger partial charge is 0.341 e. The number of nitrogens with one attached hydrogen (secondary N) is 2. The van der Waals surface area contributed by atoms with Gasteiger partial charge in [0.15, 0.2) is 6.61 Å². The number of nitrogens with two attached hydrogens (primary N) is 1. The summed E-state index contributed by atoms with van der Waals surface area (Å²) in [6.07, 6.45) is 4.81. The molecule has 0 saturated heterocycles. The van der Waals surface area contributed by atoms with Crippen molar-refractivity contribution < 1.29 is 28.7 Å². The highest BCUT2D eigenvalue weighted by molar-refractivity contribution is 7.17. The van der Waals surface area contributed by atoms with Crippen molar-refractivity contribution in [2.24, 2.45) is 10.8 Å². The van der Waals surface area contributed by atoms with Gasteiger partial charge in [0.1, 0.15) is 10.8 Å². The van der Waals surface area contributed by atoms with E-state index < -0.39 is 23.7 Å². The number of benzene rings is 1. The summed E-state index contributed by atoms with van der Waals surface area (Å²) in [6, 6.07) is 6.56. The van der Waals surface area contributed by atoms with E-state index in [1.54, 1.807) is 24.3 Å². The van der Waals surface area contributed by atoms with Gasteiger partial charge in [-0.25, -0.2) is 10.2 Å². The van der Waals surface area contributed by atoms with Crippen LogP contribution in [-0.2, 0) is 32.0 Å². The molecule has 0 aliphatic heterocycles. The first-order valence-electron chi connectivity index (χ1n) is 9.77. The molecule has 1 aromatic heterocycles. The number of carbonyl (C=O) groups excluding carboxylic acids is 4. The summed E-state index contributed by atoms with van der Waals surface area (Å²) in [5.41, 5.74) is 8.92. The average Bonchev–Trinajstić information content (AvgIpc) is 3.15. The van der Waals surface area contributed by atoms with Crippen LogP contribution in [0.15, 0.2) is 29.4 Å². The molecule has 1 aliphatic carbocycles. The fourth-order valence-electron chi connectivity index (χ4n) is 3.19. The van der Waals surface area contributed by atoms with Crippen LogP contribution in [0.1, 0.15) is 39.2 Å². The number of fused-ring (bicyclic) bond motifs is 1. The summed E-state index contributed by atoms with van der Waals surface area (Å²) in [7, 11) is 1.27. The largest absolute Gasteiger partial charge is 0.484 e. The van der Waals surface area contributed by atoms with Crippen LogP contribution in [0.4, 0.5) is 5.00 Å². The molecule has 10 nitrogen and oxygen atoms in total. The Labute approximate surface area is 187 Å². The minimum absolute atomic E-state index is 0.267.